The maximum absolute atomic E-state index is 11.6. The molecule has 0 aromatic carbocycles. The molecule has 0 spiro atoms. The maximum atomic E-state index is 11.6. The zero-order chi connectivity index (χ0) is 15.6. The van der Waals surface area contributed by atoms with Crippen LogP contribution in [0.25, 0.3) is 0 Å². The summed E-state index contributed by atoms with van der Waals surface area (Å²) in [5.74, 6) is -1.23. The minimum Gasteiger partial charge on any atom is -0.480 e. The molecule has 0 aliphatic heterocycles. The van der Waals surface area contributed by atoms with Gasteiger partial charge in [-0.1, -0.05) is 0 Å². The second-order valence-electron chi connectivity index (χ2n) is 6.41. The molecule has 112 valence electrons. The molecule has 0 aromatic heterocycles. The van der Waals surface area contributed by atoms with Gasteiger partial charge in [0.05, 0.1) is 6.07 Å². The Labute approximate surface area is 119 Å². The SMILES string of the molecule is C[C@H](CC(C#N)(C(=O)O)C1CC1)NC(=O)OC(C)(C)C. The van der Waals surface area contributed by atoms with Gasteiger partial charge in [-0.3, -0.25) is 4.79 Å². The third-order valence-corrected chi connectivity index (χ3v) is 3.25. The van der Waals surface area contributed by atoms with Crippen LogP contribution in [-0.2, 0) is 9.53 Å². The Bertz CT molecular complexity index is 431. The highest BCUT2D eigenvalue weighted by Crippen LogP contribution is 2.48. The summed E-state index contributed by atoms with van der Waals surface area (Å²) in [6, 6.07) is 1.49. The van der Waals surface area contributed by atoms with Crippen molar-refractivity contribution in [2.45, 2.75) is 58.6 Å². The highest BCUT2D eigenvalue weighted by Gasteiger charge is 2.52. The molecule has 0 saturated heterocycles. The molecule has 0 heterocycles. The van der Waals surface area contributed by atoms with Gasteiger partial charge in [0.25, 0.3) is 0 Å². The van der Waals surface area contributed by atoms with Gasteiger partial charge in [-0.15, -0.1) is 0 Å². The molecule has 0 bridgehead atoms. The summed E-state index contributed by atoms with van der Waals surface area (Å²) in [4.78, 5) is 23.1. The number of ether oxygens (including phenoxy) is 1. The van der Waals surface area contributed by atoms with Crippen LogP contribution in [0.3, 0.4) is 0 Å². The van der Waals surface area contributed by atoms with Crippen molar-refractivity contribution < 1.29 is 19.4 Å². The minimum absolute atomic E-state index is 0.0861. The topological polar surface area (TPSA) is 99.4 Å². The number of alkyl carbamates (subject to hydrolysis) is 1. The summed E-state index contributed by atoms with van der Waals surface area (Å²) in [6.07, 6.45) is 0.985. The highest BCUT2D eigenvalue weighted by atomic mass is 16.6. The third-order valence-electron chi connectivity index (χ3n) is 3.25. The number of hydrogen-bond donors (Lipinski definition) is 2. The Morgan fingerprint density at radius 1 is 1.45 bits per heavy atom. The Morgan fingerprint density at radius 2 is 2.00 bits per heavy atom. The van der Waals surface area contributed by atoms with E-state index in [-0.39, 0.29) is 12.3 Å². The van der Waals surface area contributed by atoms with Gasteiger partial charge < -0.3 is 15.2 Å². The normalized spacial score (nSPS) is 19.4. The lowest BCUT2D eigenvalue weighted by atomic mass is 9.78. The molecule has 1 fully saturated rings. The molecule has 0 aromatic rings. The molecule has 1 amide bonds. The lowest BCUT2D eigenvalue weighted by Crippen LogP contribution is -2.43. The van der Waals surface area contributed by atoms with Crippen LogP contribution in [0.4, 0.5) is 4.79 Å². The Balaban J connectivity index is 2.64. The first-order chi connectivity index (χ1) is 9.10. The molecule has 1 rings (SSSR count). The van der Waals surface area contributed by atoms with Gasteiger partial charge in [-0.05, 0) is 52.9 Å². The van der Waals surface area contributed by atoms with Crippen LogP contribution < -0.4 is 5.32 Å². The molecule has 1 aliphatic rings. The van der Waals surface area contributed by atoms with Crippen molar-refractivity contribution in [1.82, 2.24) is 5.32 Å². The highest BCUT2D eigenvalue weighted by molar-refractivity contribution is 5.79. The number of amides is 1. The van der Waals surface area contributed by atoms with Crippen molar-refractivity contribution in [2.24, 2.45) is 11.3 Å². The van der Waals surface area contributed by atoms with Gasteiger partial charge in [0.1, 0.15) is 5.60 Å². The van der Waals surface area contributed by atoms with E-state index < -0.39 is 29.1 Å². The van der Waals surface area contributed by atoms with E-state index in [0.717, 1.165) is 12.8 Å². The van der Waals surface area contributed by atoms with Gasteiger partial charge in [0, 0.05) is 6.04 Å². The summed E-state index contributed by atoms with van der Waals surface area (Å²) in [5.41, 5.74) is -2.02. The van der Waals surface area contributed by atoms with Crippen molar-refractivity contribution >= 4 is 12.1 Å². The predicted molar refractivity (Wildman–Crippen MR) is 71.9 cm³/mol. The molecular formula is C14H22N2O4. The number of aliphatic carboxylic acids is 1. The van der Waals surface area contributed by atoms with Gasteiger partial charge in [-0.2, -0.15) is 5.26 Å². The number of carboxylic acids is 1. The quantitative estimate of drug-likeness (QED) is 0.806. The van der Waals surface area contributed by atoms with Crippen molar-refractivity contribution in [3.63, 3.8) is 0 Å². The largest absolute Gasteiger partial charge is 0.480 e. The molecule has 1 aliphatic carbocycles. The minimum atomic E-state index is -1.41. The van der Waals surface area contributed by atoms with Crippen LogP contribution in [0.15, 0.2) is 0 Å². The summed E-state index contributed by atoms with van der Waals surface area (Å²) in [7, 11) is 0. The van der Waals surface area contributed by atoms with Crippen LogP contribution in [0.2, 0.25) is 0 Å². The molecule has 2 N–H and O–H groups in total. The van der Waals surface area contributed by atoms with E-state index in [1.807, 2.05) is 6.07 Å². The number of carbonyl (C=O) groups excluding carboxylic acids is 1. The monoisotopic (exact) mass is 282 g/mol. The van der Waals surface area contributed by atoms with E-state index in [1.165, 1.54) is 0 Å². The fourth-order valence-corrected chi connectivity index (χ4v) is 2.23. The molecule has 0 radical (unpaired) electrons. The number of rotatable bonds is 5. The maximum Gasteiger partial charge on any atom is 0.407 e. The predicted octanol–water partition coefficient (Wildman–Crippen LogP) is 2.29. The summed E-state index contributed by atoms with van der Waals surface area (Å²) < 4.78 is 5.11. The van der Waals surface area contributed by atoms with Crippen LogP contribution in [-0.4, -0.2) is 28.8 Å². The van der Waals surface area contributed by atoms with Gasteiger partial charge in [-0.25, -0.2) is 4.79 Å². The van der Waals surface area contributed by atoms with Crippen LogP contribution in [0.1, 0.15) is 47.0 Å². The summed E-state index contributed by atoms with van der Waals surface area (Å²) in [6.45, 7) is 6.93. The van der Waals surface area contributed by atoms with E-state index in [1.54, 1.807) is 27.7 Å². The molecule has 2 atom stereocenters. The fourth-order valence-electron chi connectivity index (χ4n) is 2.23. The molecule has 6 nitrogen and oxygen atoms in total. The summed E-state index contributed by atoms with van der Waals surface area (Å²) >= 11 is 0. The van der Waals surface area contributed by atoms with Crippen molar-refractivity contribution in [3.05, 3.63) is 0 Å². The Hall–Kier alpha value is -1.77. The number of nitriles is 1. The Kier molecular flexibility index (Phi) is 4.64. The summed E-state index contributed by atoms with van der Waals surface area (Å²) in [5, 5.41) is 21.2. The Morgan fingerprint density at radius 3 is 2.35 bits per heavy atom. The van der Waals surface area contributed by atoms with E-state index in [0.29, 0.717) is 0 Å². The van der Waals surface area contributed by atoms with E-state index in [9.17, 15) is 20.0 Å². The molecule has 1 unspecified atom stereocenters. The molecule has 1 saturated carbocycles. The lowest BCUT2D eigenvalue weighted by Gasteiger charge is -2.27. The first-order valence-electron chi connectivity index (χ1n) is 6.75. The van der Waals surface area contributed by atoms with E-state index in [2.05, 4.69) is 5.32 Å². The third kappa shape index (κ3) is 4.12. The van der Waals surface area contributed by atoms with Crippen LogP contribution in [0, 0.1) is 22.7 Å². The van der Waals surface area contributed by atoms with Crippen LogP contribution >= 0.6 is 0 Å². The second-order valence-corrected chi connectivity index (χ2v) is 6.41. The molecular weight excluding hydrogens is 260 g/mol. The van der Waals surface area contributed by atoms with Crippen molar-refractivity contribution in [2.75, 3.05) is 0 Å². The van der Waals surface area contributed by atoms with Crippen molar-refractivity contribution in [1.29, 1.82) is 5.26 Å². The van der Waals surface area contributed by atoms with Gasteiger partial charge in [0.15, 0.2) is 5.41 Å². The lowest BCUT2D eigenvalue weighted by molar-refractivity contribution is -0.147. The molecule has 6 heteroatoms. The van der Waals surface area contributed by atoms with Crippen molar-refractivity contribution in [3.8, 4) is 6.07 Å². The zero-order valence-electron chi connectivity index (χ0n) is 12.4. The standard InChI is InChI=1S/C14H22N2O4/c1-9(16-12(19)20-13(2,3)4)7-14(8-15,11(17)18)10-5-6-10/h9-10H,5-7H2,1-4H3,(H,16,19)(H,17,18)/t9-,14?/m1/s1. The molecule has 20 heavy (non-hydrogen) atoms. The first-order valence-corrected chi connectivity index (χ1v) is 6.75. The van der Waals surface area contributed by atoms with Gasteiger partial charge >= 0.3 is 12.1 Å². The average molecular weight is 282 g/mol. The number of carboxylic acid groups (broad SMARTS) is 1. The second kappa shape index (κ2) is 5.70. The number of nitrogens with zero attached hydrogens (tertiary/aromatic N) is 1. The first kappa shape index (κ1) is 16.3. The fraction of sp³-hybridized carbons (Fsp3) is 0.786. The number of carbonyl (C=O) groups is 2. The smallest absolute Gasteiger partial charge is 0.407 e. The average Bonchev–Trinajstić information content (AvgIpc) is 3.06. The number of nitrogens with one attached hydrogen (secondary N) is 1. The van der Waals surface area contributed by atoms with E-state index >= 15 is 0 Å². The number of hydrogen-bond acceptors (Lipinski definition) is 4. The zero-order valence-corrected chi connectivity index (χ0v) is 12.4. The van der Waals surface area contributed by atoms with E-state index in [4.69, 9.17) is 4.74 Å². The van der Waals surface area contributed by atoms with Crippen LogP contribution in [0.5, 0.6) is 0 Å². The van der Waals surface area contributed by atoms with Gasteiger partial charge in [0.2, 0.25) is 0 Å².